The lowest BCUT2D eigenvalue weighted by Crippen LogP contribution is -2.49. The number of rotatable bonds is 5. The zero-order chi connectivity index (χ0) is 9.72. The Kier molecular flexibility index (Phi) is 4.95. The highest BCUT2D eigenvalue weighted by atomic mass is 16.4. The van der Waals surface area contributed by atoms with Crippen molar-refractivity contribution in [3.8, 4) is 0 Å². The fraction of sp³-hybridized carbons (Fsp3) is 0.833. The smallest absolute Gasteiger partial charge is 0.139 e. The molecule has 0 spiro atoms. The quantitative estimate of drug-likeness (QED) is 0.222. The van der Waals surface area contributed by atoms with E-state index in [1.54, 1.807) is 0 Å². The van der Waals surface area contributed by atoms with Crippen LogP contribution in [-0.2, 0) is 4.79 Å². The highest BCUT2D eigenvalue weighted by Gasteiger charge is 2.28. The molecule has 12 heavy (non-hydrogen) atoms. The topological polar surface area (TPSA) is 124 Å². The van der Waals surface area contributed by atoms with E-state index in [2.05, 4.69) is 0 Å². The van der Waals surface area contributed by atoms with Crippen molar-refractivity contribution in [2.45, 2.75) is 24.4 Å². The Morgan fingerprint density at radius 2 is 1.75 bits per heavy atom. The number of aliphatic hydroxyl groups excluding tert-OH is 4. The predicted molar refractivity (Wildman–Crippen MR) is 39.1 cm³/mol. The first-order valence-electron chi connectivity index (χ1n) is 3.40. The third kappa shape index (κ3) is 2.84. The van der Waals surface area contributed by atoms with Crippen LogP contribution in [0.3, 0.4) is 0 Å². The molecule has 72 valence electrons. The lowest BCUT2D eigenvalue weighted by atomic mass is 10.1. The molecule has 0 unspecified atom stereocenters. The van der Waals surface area contributed by atoms with Gasteiger partial charge >= 0.3 is 0 Å². The summed E-state index contributed by atoms with van der Waals surface area (Å²) in [4.78, 5) is 10.0. The van der Waals surface area contributed by atoms with Crippen LogP contribution in [0.1, 0.15) is 0 Å². The van der Waals surface area contributed by atoms with Crippen LogP contribution in [0.5, 0.6) is 0 Å². The number of carbonyl (C=O) groups excluding carboxylic acids is 1. The summed E-state index contributed by atoms with van der Waals surface area (Å²) in [5.41, 5.74) is 5.04. The molecule has 0 aromatic carbocycles. The second-order valence-corrected chi connectivity index (χ2v) is 2.44. The maximum absolute atomic E-state index is 10.0. The maximum atomic E-state index is 10.0. The Hall–Kier alpha value is -0.530. The average Bonchev–Trinajstić information content (AvgIpc) is 2.12. The van der Waals surface area contributed by atoms with Gasteiger partial charge in [0.2, 0.25) is 0 Å². The van der Waals surface area contributed by atoms with Crippen LogP contribution in [0.2, 0.25) is 0 Å². The van der Waals surface area contributed by atoms with E-state index >= 15 is 0 Å². The molecule has 0 aliphatic carbocycles. The zero-order valence-corrected chi connectivity index (χ0v) is 6.37. The highest BCUT2D eigenvalue weighted by Crippen LogP contribution is 2.01. The minimum Gasteiger partial charge on any atom is -0.394 e. The highest BCUT2D eigenvalue weighted by molar-refractivity contribution is 5.58. The van der Waals surface area contributed by atoms with E-state index in [0.29, 0.717) is 0 Å². The van der Waals surface area contributed by atoms with Gasteiger partial charge in [0, 0.05) is 0 Å². The molecule has 0 saturated heterocycles. The standard InChI is InChI=1S/C6H13NO5/c7-3(1-8)5(11)6(12)4(10)2-9/h1,3-6,9-12H,2,7H2/t3-,4+,5+,6-/m0/s1/i1+1. The summed E-state index contributed by atoms with van der Waals surface area (Å²) < 4.78 is 0. The molecule has 0 bridgehead atoms. The van der Waals surface area contributed by atoms with Crippen molar-refractivity contribution < 1.29 is 25.2 Å². The lowest BCUT2D eigenvalue weighted by molar-refractivity contribution is -0.118. The molecule has 0 amide bonds. The van der Waals surface area contributed by atoms with E-state index < -0.39 is 31.0 Å². The largest absolute Gasteiger partial charge is 0.394 e. The molecule has 0 heterocycles. The van der Waals surface area contributed by atoms with Crippen molar-refractivity contribution in [1.29, 1.82) is 0 Å². The van der Waals surface area contributed by atoms with Gasteiger partial charge in [-0.15, -0.1) is 0 Å². The monoisotopic (exact) mass is 180 g/mol. The summed E-state index contributed by atoms with van der Waals surface area (Å²) in [5, 5.41) is 35.2. The van der Waals surface area contributed by atoms with E-state index in [1.165, 1.54) is 0 Å². The fourth-order valence-electron chi connectivity index (χ4n) is 0.644. The SMILES string of the molecule is N[C@@H]([13CH]=O)[C@@H](O)[C@@H](O)[C@H](O)CO. The van der Waals surface area contributed by atoms with E-state index in [4.69, 9.17) is 26.2 Å². The summed E-state index contributed by atoms with van der Waals surface area (Å²) >= 11 is 0. The van der Waals surface area contributed by atoms with Crippen LogP contribution in [0, 0.1) is 0 Å². The van der Waals surface area contributed by atoms with Crippen LogP contribution in [0.4, 0.5) is 0 Å². The predicted octanol–water partition coefficient (Wildman–Crippen LogP) is -3.41. The number of nitrogens with two attached hydrogens (primary N) is 1. The number of carbonyl (C=O) groups is 1. The van der Waals surface area contributed by atoms with Crippen molar-refractivity contribution in [2.75, 3.05) is 6.61 Å². The molecule has 0 radical (unpaired) electrons. The minimum atomic E-state index is -1.62. The molecular weight excluding hydrogens is 167 g/mol. The molecule has 0 aliphatic rings. The van der Waals surface area contributed by atoms with Gasteiger partial charge < -0.3 is 31.0 Å². The molecule has 0 aromatic heterocycles. The molecule has 6 heteroatoms. The molecule has 0 aliphatic heterocycles. The summed E-state index contributed by atoms with van der Waals surface area (Å²) in [6.45, 7) is -0.705. The third-order valence-corrected chi connectivity index (χ3v) is 1.48. The van der Waals surface area contributed by atoms with E-state index in [0.717, 1.165) is 0 Å². The van der Waals surface area contributed by atoms with Gasteiger partial charge in [0.25, 0.3) is 0 Å². The first kappa shape index (κ1) is 11.5. The van der Waals surface area contributed by atoms with Gasteiger partial charge in [0.1, 0.15) is 24.6 Å². The fourth-order valence-corrected chi connectivity index (χ4v) is 0.644. The van der Waals surface area contributed by atoms with Gasteiger partial charge in [-0.3, -0.25) is 0 Å². The van der Waals surface area contributed by atoms with Crippen molar-refractivity contribution in [3.63, 3.8) is 0 Å². The Morgan fingerprint density at radius 1 is 1.25 bits per heavy atom. The zero-order valence-electron chi connectivity index (χ0n) is 6.37. The Balaban J connectivity index is 4.07. The van der Waals surface area contributed by atoms with Crippen LogP contribution in [-0.4, -0.2) is 57.7 Å². The van der Waals surface area contributed by atoms with Crippen LogP contribution < -0.4 is 5.73 Å². The molecular formula is C6H13NO5. The minimum absolute atomic E-state index is 0.248. The first-order valence-corrected chi connectivity index (χ1v) is 3.40. The van der Waals surface area contributed by atoms with Gasteiger partial charge in [-0.05, 0) is 0 Å². The molecule has 0 rings (SSSR count). The molecule has 4 atom stereocenters. The summed E-state index contributed by atoms with van der Waals surface area (Å²) in [5.74, 6) is 0. The molecule has 0 saturated carbocycles. The van der Waals surface area contributed by atoms with Crippen molar-refractivity contribution in [3.05, 3.63) is 0 Å². The number of hydrogen-bond acceptors (Lipinski definition) is 6. The van der Waals surface area contributed by atoms with Gasteiger partial charge in [0.05, 0.1) is 12.6 Å². The number of aliphatic hydroxyl groups is 4. The van der Waals surface area contributed by atoms with Crippen LogP contribution >= 0.6 is 0 Å². The molecule has 6 nitrogen and oxygen atoms in total. The number of aldehydes is 1. The van der Waals surface area contributed by atoms with Gasteiger partial charge in [-0.25, -0.2) is 0 Å². The second-order valence-electron chi connectivity index (χ2n) is 2.44. The lowest BCUT2D eigenvalue weighted by Gasteiger charge is -2.23. The van der Waals surface area contributed by atoms with Crippen molar-refractivity contribution >= 4 is 6.29 Å². The van der Waals surface area contributed by atoms with Crippen molar-refractivity contribution in [1.82, 2.24) is 0 Å². The van der Waals surface area contributed by atoms with Crippen molar-refractivity contribution in [2.24, 2.45) is 5.73 Å². The summed E-state index contributed by atoms with van der Waals surface area (Å²) in [6, 6.07) is -1.26. The Bertz CT molecular complexity index is 142. The van der Waals surface area contributed by atoms with E-state index in [-0.39, 0.29) is 6.29 Å². The van der Waals surface area contributed by atoms with Gasteiger partial charge in [0.15, 0.2) is 0 Å². The Labute approximate surface area is 69.2 Å². The molecule has 0 aromatic rings. The second kappa shape index (κ2) is 5.18. The third-order valence-electron chi connectivity index (χ3n) is 1.48. The average molecular weight is 180 g/mol. The molecule has 0 fully saturated rings. The van der Waals surface area contributed by atoms with E-state index in [9.17, 15) is 4.79 Å². The Morgan fingerprint density at radius 3 is 2.08 bits per heavy atom. The first-order chi connectivity index (χ1) is 5.54. The van der Waals surface area contributed by atoms with Gasteiger partial charge in [-0.1, -0.05) is 0 Å². The molecule has 6 N–H and O–H groups in total. The van der Waals surface area contributed by atoms with E-state index in [1.807, 2.05) is 0 Å². The normalized spacial score (nSPS) is 21.1. The van der Waals surface area contributed by atoms with Crippen LogP contribution in [0.25, 0.3) is 0 Å². The summed E-state index contributed by atoms with van der Waals surface area (Å²) in [7, 11) is 0. The maximum Gasteiger partial charge on any atom is 0.139 e. The number of hydrogen-bond donors (Lipinski definition) is 5. The van der Waals surface area contributed by atoms with Crippen LogP contribution in [0.15, 0.2) is 0 Å². The van der Waals surface area contributed by atoms with Gasteiger partial charge in [-0.2, -0.15) is 0 Å². The summed E-state index contributed by atoms with van der Waals surface area (Å²) in [6.07, 6.45) is -4.43.